The third-order valence-electron chi connectivity index (χ3n) is 3.44. The number of carbonyl (C=O) groups is 3. The Kier molecular flexibility index (Phi) is 3.45. The average molecular weight is 240 g/mol. The Morgan fingerprint density at radius 3 is 2.71 bits per heavy atom. The molecule has 0 bridgehead atoms. The highest BCUT2D eigenvalue weighted by Gasteiger charge is 2.49. The van der Waals surface area contributed by atoms with Crippen molar-refractivity contribution in [3.63, 3.8) is 0 Å². The lowest BCUT2D eigenvalue weighted by Gasteiger charge is -2.26. The molecule has 0 N–H and O–H groups in total. The number of hydrogen-bond acceptors (Lipinski definition) is 5. The van der Waals surface area contributed by atoms with E-state index in [0.717, 1.165) is 6.42 Å². The SMILES string of the molecule is CCCOC(=O)[C@H]1CC[C@@H]2C(=O)OC(=O)[C@H]2C1. The van der Waals surface area contributed by atoms with Crippen LogP contribution in [0.1, 0.15) is 32.6 Å². The van der Waals surface area contributed by atoms with Gasteiger partial charge in [-0.3, -0.25) is 14.4 Å². The van der Waals surface area contributed by atoms with Crippen LogP contribution in [0.5, 0.6) is 0 Å². The van der Waals surface area contributed by atoms with Crippen molar-refractivity contribution in [2.24, 2.45) is 17.8 Å². The Balaban J connectivity index is 1.95. The molecule has 94 valence electrons. The fraction of sp³-hybridized carbons (Fsp3) is 0.750. The fourth-order valence-corrected chi connectivity index (χ4v) is 2.50. The van der Waals surface area contributed by atoms with E-state index < -0.39 is 17.9 Å². The number of rotatable bonds is 3. The summed E-state index contributed by atoms with van der Waals surface area (Å²) in [6.07, 6.45) is 2.32. The van der Waals surface area contributed by atoms with Gasteiger partial charge in [-0.1, -0.05) is 6.92 Å². The summed E-state index contributed by atoms with van der Waals surface area (Å²) >= 11 is 0. The molecule has 0 amide bonds. The summed E-state index contributed by atoms with van der Waals surface area (Å²) in [6, 6.07) is 0. The summed E-state index contributed by atoms with van der Waals surface area (Å²) in [4.78, 5) is 34.4. The molecule has 0 unspecified atom stereocenters. The first-order valence-electron chi connectivity index (χ1n) is 6.05. The van der Waals surface area contributed by atoms with E-state index in [2.05, 4.69) is 4.74 Å². The van der Waals surface area contributed by atoms with Crippen LogP contribution in [0.25, 0.3) is 0 Å². The predicted octanol–water partition coefficient (Wildman–Crippen LogP) is 1.06. The van der Waals surface area contributed by atoms with Gasteiger partial charge in [0.15, 0.2) is 0 Å². The zero-order chi connectivity index (χ0) is 12.4. The maximum absolute atomic E-state index is 11.7. The van der Waals surface area contributed by atoms with Gasteiger partial charge in [-0.2, -0.15) is 0 Å². The Hall–Kier alpha value is -1.39. The molecule has 0 aromatic carbocycles. The van der Waals surface area contributed by atoms with E-state index in [-0.39, 0.29) is 17.8 Å². The molecule has 1 heterocycles. The number of ether oxygens (including phenoxy) is 2. The summed E-state index contributed by atoms with van der Waals surface area (Å²) in [5.41, 5.74) is 0. The standard InChI is InChI=1S/C12H16O5/c1-2-5-16-10(13)7-3-4-8-9(6-7)12(15)17-11(8)14/h7-9H,2-6H2,1H3/t7-,8-,9-/m0/s1. The molecule has 5 heteroatoms. The second-order valence-corrected chi connectivity index (χ2v) is 4.63. The topological polar surface area (TPSA) is 69.7 Å². The maximum Gasteiger partial charge on any atom is 0.317 e. The first kappa shape index (κ1) is 12.1. The number of hydrogen-bond donors (Lipinski definition) is 0. The molecule has 1 saturated carbocycles. The molecule has 3 atom stereocenters. The summed E-state index contributed by atoms with van der Waals surface area (Å²) in [6.45, 7) is 2.34. The van der Waals surface area contributed by atoms with E-state index in [1.807, 2.05) is 6.92 Å². The van der Waals surface area contributed by atoms with Crippen molar-refractivity contribution >= 4 is 17.9 Å². The van der Waals surface area contributed by atoms with Crippen molar-refractivity contribution in [2.45, 2.75) is 32.6 Å². The first-order valence-corrected chi connectivity index (χ1v) is 6.05. The van der Waals surface area contributed by atoms with Crippen LogP contribution in [0.15, 0.2) is 0 Å². The molecule has 0 aromatic heterocycles. The van der Waals surface area contributed by atoms with E-state index in [4.69, 9.17) is 4.74 Å². The third-order valence-corrected chi connectivity index (χ3v) is 3.44. The summed E-state index contributed by atoms with van der Waals surface area (Å²) in [5, 5.41) is 0. The van der Waals surface area contributed by atoms with Crippen LogP contribution in [0, 0.1) is 17.8 Å². The van der Waals surface area contributed by atoms with Gasteiger partial charge in [-0.15, -0.1) is 0 Å². The van der Waals surface area contributed by atoms with Crippen LogP contribution < -0.4 is 0 Å². The minimum atomic E-state index is -0.479. The molecule has 0 radical (unpaired) electrons. The van der Waals surface area contributed by atoms with Gasteiger partial charge in [0.1, 0.15) is 0 Å². The maximum atomic E-state index is 11.7. The van der Waals surface area contributed by atoms with Gasteiger partial charge in [-0.25, -0.2) is 0 Å². The third kappa shape index (κ3) is 2.33. The molecule has 17 heavy (non-hydrogen) atoms. The highest BCUT2D eigenvalue weighted by atomic mass is 16.6. The van der Waals surface area contributed by atoms with Crippen LogP contribution in [0.4, 0.5) is 0 Å². The highest BCUT2D eigenvalue weighted by molar-refractivity contribution is 5.97. The minimum absolute atomic E-state index is 0.252. The summed E-state index contributed by atoms with van der Waals surface area (Å²) in [7, 11) is 0. The minimum Gasteiger partial charge on any atom is -0.465 e. The van der Waals surface area contributed by atoms with Gasteiger partial charge in [0.05, 0.1) is 24.4 Å². The molecular weight excluding hydrogens is 224 g/mol. The molecule has 2 fully saturated rings. The largest absolute Gasteiger partial charge is 0.465 e. The highest BCUT2D eigenvalue weighted by Crippen LogP contribution is 2.39. The molecule has 2 rings (SSSR count). The number of esters is 3. The van der Waals surface area contributed by atoms with Gasteiger partial charge in [0, 0.05) is 0 Å². The molecule has 1 saturated heterocycles. The van der Waals surface area contributed by atoms with Crippen LogP contribution in [0.2, 0.25) is 0 Å². The molecule has 1 aliphatic heterocycles. The molecule has 2 aliphatic rings. The van der Waals surface area contributed by atoms with E-state index >= 15 is 0 Å². The smallest absolute Gasteiger partial charge is 0.317 e. The lowest BCUT2D eigenvalue weighted by Crippen LogP contribution is -2.31. The van der Waals surface area contributed by atoms with Gasteiger partial charge < -0.3 is 9.47 Å². The summed E-state index contributed by atoms with van der Waals surface area (Å²) < 4.78 is 9.65. The van der Waals surface area contributed by atoms with Gasteiger partial charge >= 0.3 is 17.9 Å². The summed E-state index contributed by atoms with van der Waals surface area (Å²) in [5.74, 6) is -2.19. The monoisotopic (exact) mass is 240 g/mol. The van der Waals surface area contributed by atoms with Crippen molar-refractivity contribution in [3.8, 4) is 0 Å². The Morgan fingerprint density at radius 2 is 2.00 bits per heavy atom. The molecule has 0 spiro atoms. The van der Waals surface area contributed by atoms with Crippen molar-refractivity contribution in [1.29, 1.82) is 0 Å². The molecular formula is C12H16O5. The lowest BCUT2D eigenvalue weighted by atomic mass is 9.75. The van der Waals surface area contributed by atoms with Crippen LogP contribution >= 0.6 is 0 Å². The Labute approximate surface area is 99.5 Å². The second kappa shape index (κ2) is 4.85. The van der Waals surface area contributed by atoms with Gasteiger partial charge in [-0.05, 0) is 25.7 Å². The Morgan fingerprint density at radius 1 is 1.29 bits per heavy atom. The molecule has 5 nitrogen and oxygen atoms in total. The van der Waals surface area contributed by atoms with Crippen LogP contribution in [0.3, 0.4) is 0 Å². The molecule has 1 aliphatic carbocycles. The van der Waals surface area contributed by atoms with Crippen molar-refractivity contribution in [2.75, 3.05) is 6.61 Å². The fourth-order valence-electron chi connectivity index (χ4n) is 2.50. The normalized spacial score (nSPS) is 31.9. The van der Waals surface area contributed by atoms with Crippen molar-refractivity contribution < 1.29 is 23.9 Å². The van der Waals surface area contributed by atoms with Gasteiger partial charge in [0.2, 0.25) is 0 Å². The zero-order valence-electron chi connectivity index (χ0n) is 9.81. The average Bonchev–Trinajstić information content (AvgIpc) is 2.61. The van der Waals surface area contributed by atoms with E-state index in [1.54, 1.807) is 0 Å². The number of cyclic esters (lactones) is 2. The number of fused-ring (bicyclic) bond motifs is 1. The zero-order valence-corrected chi connectivity index (χ0v) is 9.81. The first-order chi connectivity index (χ1) is 8.13. The van der Waals surface area contributed by atoms with E-state index in [9.17, 15) is 14.4 Å². The van der Waals surface area contributed by atoms with E-state index in [0.29, 0.717) is 25.9 Å². The van der Waals surface area contributed by atoms with Crippen LogP contribution in [-0.2, 0) is 23.9 Å². The van der Waals surface area contributed by atoms with Crippen molar-refractivity contribution in [3.05, 3.63) is 0 Å². The van der Waals surface area contributed by atoms with Crippen LogP contribution in [-0.4, -0.2) is 24.5 Å². The Bertz CT molecular complexity index is 349. The van der Waals surface area contributed by atoms with Gasteiger partial charge in [0.25, 0.3) is 0 Å². The molecule has 0 aromatic rings. The van der Waals surface area contributed by atoms with Crippen molar-refractivity contribution in [1.82, 2.24) is 0 Å². The second-order valence-electron chi connectivity index (χ2n) is 4.63. The predicted molar refractivity (Wildman–Crippen MR) is 56.7 cm³/mol. The number of carbonyl (C=O) groups excluding carboxylic acids is 3. The quantitative estimate of drug-likeness (QED) is 0.545. The lowest BCUT2D eigenvalue weighted by molar-refractivity contribution is -0.153. The van der Waals surface area contributed by atoms with E-state index in [1.165, 1.54) is 0 Å².